The molecule has 1 fully saturated rings. The van der Waals surface area contributed by atoms with Gasteiger partial charge in [0.05, 0.1) is 0 Å². The maximum atomic E-state index is 2.35. The lowest BCUT2D eigenvalue weighted by Gasteiger charge is -1.96. The predicted octanol–water partition coefficient (Wildman–Crippen LogP) is 2.44. The molecule has 7 heavy (non-hydrogen) atoms. The molecule has 0 N–H and O–H groups in total. The van der Waals surface area contributed by atoms with Gasteiger partial charge in [0, 0.05) is 0 Å². The summed E-state index contributed by atoms with van der Waals surface area (Å²) >= 11 is 0. The highest BCUT2D eigenvalue weighted by atomic mass is 14.2. The van der Waals surface area contributed by atoms with Crippen LogP contribution in [0.5, 0.6) is 0 Å². The molecule has 1 saturated carbocycles. The molecule has 0 aromatic heterocycles. The van der Waals surface area contributed by atoms with Crippen molar-refractivity contribution in [3.8, 4) is 0 Å². The smallest absolute Gasteiger partial charge is 0.0440 e. The third-order valence-corrected chi connectivity index (χ3v) is 1.96. The predicted molar refractivity (Wildman–Crippen MR) is 32.2 cm³/mol. The minimum absolute atomic E-state index is 1.02. The van der Waals surface area contributed by atoms with E-state index in [9.17, 15) is 0 Å². The van der Waals surface area contributed by atoms with Gasteiger partial charge in [-0.05, 0) is 18.3 Å². The van der Waals surface area contributed by atoms with Crippen molar-refractivity contribution in [2.45, 2.75) is 33.1 Å². The van der Waals surface area contributed by atoms with Crippen molar-refractivity contribution in [2.24, 2.45) is 11.8 Å². The lowest BCUT2D eigenvalue weighted by atomic mass is 10.1. The fourth-order valence-electron chi connectivity index (χ4n) is 1.49. The fourth-order valence-corrected chi connectivity index (χ4v) is 1.49. The van der Waals surface area contributed by atoms with Crippen molar-refractivity contribution in [3.05, 3.63) is 0 Å². The molecule has 0 amide bonds. The van der Waals surface area contributed by atoms with Crippen LogP contribution in [0.15, 0.2) is 0 Å². The van der Waals surface area contributed by atoms with Crippen LogP contribution in [0, 0.1) is 11.8 Å². The van der Waals surface area contributed by atoms with E-state index in [4.69, 9.17) is 0 Å². The molecule has 0 aromatic rings. The van der Waals surface area contributed by atoms with E-state index in [2.05, 4.69) is 13.8 Å². The van der Waals surface area contributed by atoms with Crippen LogP contribution in [-0.2, 0) is 0 Å². The Morgan fingerprint density at radius 3 is 1.57 bits per heavy atom. The average Bonchev–Trinajstić information content (AvgIpc) is 1.87. The largest absolute Gasteiger partial charge is 0.0625 e. The summed E-state index contributed by atoms with van der Waals surface area (Å²) in [5.41, 5.74) is 0. The quantitative estimate of drug-likeness (QED) is 0.436. The van der Waals surface area contributed by atoms with Gasteiger partial charge in [-0.1, -0.05) is 26.7 Å². The van der Waals surface area contributed by atoms with Gasteiger partial charge in [0.2, 0.25) is 0 Å². The summed E-state index contributed by atoms with van der Waals surface area (Å²) in [6.07, 6.45) is 4.42. The standard InChI is InChI=1S/C7H14/c1-6-3-4-7(2)5-6/h6-7H,3-5H2,1-2H3/t6-,7+. The minimum atomic E-state index is 1.02. The second-order valence-corrected chi connectivity index (χ2v) is 3.02. The van der Waals surface area contributed by atoms with Crippen LogP contribution >= 0.6 is 0 Å². The third kappa shape index (κ3) is 1.19. The summed E-state index contributed by atoms with van der Waals surface area (Å²) < 4.78 is 0. The van der Waals surface area contributed by atoms with Crippen molar-refractivity contribution in [3.63, 3.8) is 0 Å². The first-order valence-electron chi connectivity index (χ1n) is 3.29. The van der Waals surface area contributed by atoms with Crippen LogP contribution in [-0.4, -0.2) is 0 Å². The molecular weight excluding hydrogens is 84.1 g/mol. The Kier molecular flexibility index (Phi) is 1.36. The molecule has 0 radical (unpaired) electrons. The van der Waals surface area contributed by atoms with E-state index >= 15 is 0 Å². The van der Waals surface area contributed by atoms with Crippen molar-refractivity contribution in [1.29, 1.82) is 0 Å². The van der Waals surface area contributed by atoms with Gasteiger partial charge in [-0.2, -0.15) is 0 Å². The molecule has 0 unspecified atom stereocenters. The van der Waals surface area contributed by atoms with Crippen LogP contribution in [0.4, 0.5) is 0 Å². The zero-order valence-electron chi connectivity index (χ0n) is 5.28. The van der Waals surface area contributed by atoms with Gasteiger partial charge in [0.15, 0.2) is 0 Å². The molecule has 0 spiro atoms. The molecule has 0 heteroatoms. The fraction of sp³-hybridized carbons (Fsp3) is 1.00. The monoisotopic (exact) mass is 98.1 g/mol. The van der Waals surface area contributed by atoms with Crippen LogP contribution < -0.4 is 0 Å². The molecule has 0 bridgehead atoms. The first-order chi connectivity index (χ1) is 3.29. The molecule has 0 heterocycles. The Bertz CT molecular complexity index is 49.1. The summed E-state index contributed by atoms with van der Waals surface area (Å²) in [5.74, 6) is 2.05. The van der Waals surface area contributed by atoms with E-state index in [-0.39, 0.29) is 0 Å². The number of hydrogen-bond donors (Lipinski definition) is 0. The normalized spacial score (nSPS) is 42.0. The molecule has 2 atom stereocenters. The molecule has 0 nitrogen and oxygen atoms in total. The maximum Gasteiger partial charge on any atom is -0.0440 e. The average molecular weight is 98.2 g/mol. The highest BCUT2D eigenvalue weighted by Crippen LogP contribution is 2.29. The topological polar surface area (TPSA) is 0 Å². The minimum Gasteiger partial charge on any atom is -0.0625 e. The van der Waals surface area contributed by atoms with Gasteiger partial charge in [0.1, 0.15) is 0 Å². The summed E-state index contributed by atoms with van der Waals surface area (Å²) in [7, 11) is 0. The van der Waals surface area contributed by atoms with E-state index < -0.39 is 0 Å². The zero-order valence-corrected chi connectivity index (χ0v) is 5.28. The molecular formula is C7H14. The number of hydrogen-bond acceptors (Lipinski definition) is 0. The summed E-state index contributed by atoms with van der Waals surface area (Å²) in [5, 5.41) is 0. The molecule has 1 aliphatic carbocycles. The molecule has 1 rings (SSSR count). The third-order valence-electron chi connectivity index (χ3n) is 1.96. The van der Waals surface area contributed by atoms with Crippen LogP contribution in [0.1, 0.15) is 33.1 Å². The number of rotatable bonds is 0. The van der Waals surface area contributed by atoms with Gasteiger partial charge in [0.25, 0.3) is 0 Å². The first-order valence-corrected chi connectivity index (χ1v) is 3.29. The van der Waals surface area contributed by atoms with E-state index in [1.54, 1.807) is 0 Å². The molecule has 0 aromatic carbocycles. The van der Waals surface area contributed by atoms with Crippen LogP contribution in [0.25, 0.3) is 0 Å². The maximum absolute atomic E-state index is 2.35. The highest BCUT2D eigenvalue weighted by molar-refractivity contribution is 4.68. The first kappa shape index (κ1) is 5.14. The van der Waals surface area contributed by atoms with Gasteiger partial charge >= 0.3 is 0 Å². The van der Waals surface area contributed by atoms with E-state index in [0.717, 1.165) is 11.8 Å². The van der Waals surface area contributed by atoms with Gasteiger partial charge in [-0.25, -0.2) is 0 Å². The Labute approximate surface area is 45.9 Å². The lowest BCUT2D eigenvalue weighted by Crippen LogP contribution is -1.84. The Balaban J connectivity index is 2.26. The summed E-state index contributed by atoms with van der Waals surface area (Å²) in [6, 6.07) is 0. The van der Waals surface area contributed by atoms with Crippen molar-refractivity contribution >= 4 is 0 Å². The lowest BCUT2D eigenvalue weighted by molar-refractivity contribution is 0.555. The summed E-state index contributed by atoms with van der Waals surface area (Å²) in [6.45, 7) is 4.70. The second kappa shape index (κ2) is 1.85. The Hall–Kier alpha value is 0. The molecule has 0 saturated heterocycles. The molecule has 42 valence electrons. The van der Waals surface area contributed by atoms with E-state index in [1.807, 2.05) is 0 Å². The molecule has 0 aliphatic heterocycles. The van der Waals surface area contributed by atoms with Crippen LogP contribution in [0.2, 0.25) is 0 Å². The van der Waals surface area contributed by atoms with E-state index in [1.165, 1.54) is 19.3 Å². The van der Waals surface area contributed by atoms with Gasteiger partial charge < -0.3 is 0 Å². The van der Waals surface area contributed by atoms with Crippen molar-refractivity contribution in [2.75, 3.05) is 0 Å². The van der Waals surface area contributed by atoms with Crippen molar-refractivity contribution < 1.29 is 0 Å². The van der Waals surface area contributed by atoms with Gasteiger partial charge in [-0.3, -0.25) is 0 Å². The Morgan fingerprint density at radius 2 is 1.43 bits per heavy atom. The zero-order chi connectivity index (χ0) is 5.28. The van der Waals surface area contributed by atoms with Gasteiger partial charge in [-0.15, -0.1) is 0 Å². The highest BCUT2D eigenvalue weighted by Gasteiger charge is 2.15. The SMILES string of the molecule is C[C@@H]1CC[C@H](C)C1. The van der Waals surface area contributed by atoms with Crippen molar-refractivity contribution in [1.82, 2.24) is 0 Å². The molecule has 1 aliphatic rings. The second-order valence-electron chi connectivity index (χ2n) is 3.02. The van der Waals surface area contributed by atoms with Crippen LogP contribution in [0.3, 0.4) is 0 Å². The summed E-state index contributed by atoms with van der Waals surface area (Å²) in [4.78, 5) is 0. The Morgan fingerprint density at radius 1 is 1.00 bits per heavy atom. The van der Waals surface area contributed by atoms with E-state index in [0.29, 0.717) is 0 Å².